The van der Waals surface area contributed by atoms with Gasteiger partial charge in [-0.05, 0) is 64.2 Å². The molecule has 9 heteroatoms. The van der Waals surface area contributed by atoms with E-state index in [0.717, 1.165) is 57.8 Å². The molecule has 0 spiro atoms. The lowest BCUT2D eigenvalue weighted by Crippen LogP contribution is -2.37. The third kappa shape index (κ3) is 49.7. The summed E-state index contributed by atoms with van der Waals surface area (Å²) in [5.74, 6) is -0.345. The molecule has 0 aliphatic heterocycles. The predicted octanol–water partition coefficient (Wildman–Crippen LogP) is 15.5. The fraction of sp³-hybridized carbons (Fsp3) is 0.868. The van der Waals surface area contributed by atoms with Crippen LogP contribution in [0.2, 0.25) is 0 Å². The number of carbonyl (C=O) groups excluding carboxylic acids is 1. The van der Waals surface area contributed by atoms with Crippen LogP contribution in [0.25, 0.3) is 0 Å². The molecule has 2 unspecified atom stereocenters. The molecule has 0 aromatic rings. The highest BCUT2D eigenvalue weighted by molar-refractivity contribution is 7.45. The number of likely N-dealkylation sites (N-methyl/N-ethyl adjacent to an activating group) is 1. The second kappa shape index (κ2) is 46.3. The molecule has 0 radical (unpaired) electrons. The smallest absolute Gasteiger partial charge is 0.306 e. The first kappa shape index (κ1) is 60.7. The molecule has 0 N–H and O–H groups in total. The molecule has 0 rings (SSSR count). The second-order valence-electron chi connectivity index (χ2n) is 18.9. The highest BCUT2D eigenvalue weighted by Crippen LogP contribution is 2.38. The summed E-state index contributed by atoms with van der Waals surface area (Å²) in [4.78, 5) is 25.1. The lowest BCUT2D eigenvalue weighted by molar-refractivity contribution is -0.870. The van der Waals surface area contributed by atoms with Gasteiger partial charge in [-0.1, -0.05) is 204 Å². The van der Waals surface area contributed by atoms with Gasteiger partial charge in [0.2, 0.25) is 0 Å². The SMILES string of the molecule is CCCC/C=C\C/C=C\CCCCCCCC(=O)OC(COCCCCCCCCCCCCCCCC/C=C\CCCCCCCCCC)COP(=O)([O-])OCC[N+](C)(C)C. The zero-order valence-corrected chi connectivity index (χ0v) is 42.5. The third-order valence-electron chi connectivity index (χ3n) is 11.4. The van der Waals surface area contributed by atoms with E-state index in [9.17, 15) is 14.3 Å². The average molecular weight is 896 g/mol. The maximum Gasteiger partial charge on any atom is 0.306 e. The number of rotatable bonds is 49. The Morgan fingerprint density at radius 2 is 0.903 bits per heavy atom. The molecule has 0 aromatic carbocycles. The van der Waals surface area contributed by atoms with Crippen LogP contribution in [0.5, 0.6) is 0 Å². The molecular formula is C53H102NO7P. The molecule has 0 aliphatic carbocycles. The first-order valence-corrected chi connectivity index (χ1v) is 27.7. The molecule has 0 aromatic heterocycles. The van der Waals surface area contributed by atoms with Gasteiger partial charge in [-0.3, -0.25) is 9.36 Å². The van der Waals surface area contributed by atoms with Crippen molar-refractivity contribution in [1.29, 1.82) is 0 Å². The number of nitrogens with zero attached hydrogens (tertiary/aromatic N) is 1. The summed E-state index contributed by atoms with van der Waals surface area (Å²) in [6.45, 7) is 5.38. The van der Waals surface area contributed by atoms with Gasteiger partial charge in [0.1, 0.15) is 19.3 Å². The summed E-state index contributed by atoms with van der Waals surface area (Å²) in [6, 6.07) is 0. The van der Waals surface area contributed by atoms with Gasteiger partial charge >= 0.3 is 5.97 Å². The number of esters is 1. The van der Waals surface area contributed by atoms with Crippen LogP contribution in [0, 0.1) is 0 Å². The first-order chi connectivity index (χ1) is 30.1. The normalized spacial score (nSPS) is 13.8. The Balaban J connectivity index is 4.04. The van der Waals surface area contributed by atoms with Gasteiger partial charge in [-0.25, -0.2) is 0 Å². The van der Waals surface area contributed by atoms with E-state index < -0.39 is 13.9 Å². The zero-order chi connectivity index (χ0) is 45.5. The lowest BCUT2D eigenvalue weighted by atomic mass is 10.0. The number of carbonyl (C=O) groups is 1. The number of phosphoric acid groups is 1. The van der Waals surface area contributed by atoms with Crippen molar-refractivity contribution in [3.63, 3.8) is 0 Å². The summed E-state index contributed by atoms with van der Waals surface area (Å²) in [6.07, 6.45) is 56.1. The minimum absolute atomic E-state index is 0.0239. The highest BCUT2D eigenvalue weighted by Gasteiger charge is 2.20. The van der Waals surface area contributed by atoms with Crippen LogP contribution in [0.4, 0.5) is 0 Å². The van der Waals surface area contributed by atoms with Crippen molar-refractivity contribution < 1.29 is 37.3 Å². The Labute approximate surface area is 385 Å². The summed E-state index contributed by atoms with van der Waals surface area (Å²) in [5, 5.41) is 0. The molecule has 366 valence electrons. The number of allylic oxidation sites excluding steroid dienone is 6. The minimum Gasteiger partial charge on any atom is -0.756 e. The topological polar surface area (TPSA) is 94.1 Å². The van der Waals surface area contributed by atoms with Crippen LogP contribution in [0.3, 0.4) is 0 Å². The predicted molar refractivity (Wildman–Crippen MR) is 263 cm³/mol. The van der Waals surface area contributed by atoms with Crippen LogP contribution in [-0.4, -0.2) is 70.7 Å². The van der Waals surface area contributed by atoms with Crippen molar-refractivity contribution in [2.45, 2.75) is 245 Å². The Morgan fingerprint density at radius 3 is 1.37 bits per heavy atom. The lowest BCUT2D eigenvalue weighted by Gasteiger charge is -2.28. The summed E-state index contributed by atoms with van der Waals surface area (Å²) < 4.78 is 34.7. The van der Waals surface area contributed by atoms with Crippen LogP contribution in [0.1, 0.15) is 239 Å². The van der Waals surface area contributed by atoms with Gasteiger partial charge in [-0.15, -0.1) is 0 Å². The van der Waals surface area contributed by atoms with Crippen LogP contribution >= 0.6 is 7.82 Å². The van der Waals surface area contributed by atoms with E-state index in [1.54, 1.807) is 0 Å². The number of phosphoric ester groups is 1. The van der Waals surface area contributed by atoms with Crippen molar-refractivity contribution >= 4 is 13.8 Å². The van der Waals surface area contributed by atoms with Crippen molar-refractivity contribution in [2.75, 3.05) is 54.1 Å². The molecule has 8 nitrogen and oxygen atoms in total. The summed E-state index contributed by atoms with van der Waals surface area (Å²) in [7, 11) is 1.35. The van der Waals surface area contributed by atoms with Gasteiger partial charge in [0.25, 0.3) is 7.82 Å². The van der Waals surface area contributed by atoms with E-state index in [4.69, 9.17) is 18.5 Å². The number of hydrogen-bond acceptors (Lipinski definition) is 7. The molecule has 0 amide bonds. The van der Waals surface area contributed by atoms with E-state index in [0.29, 0.717) is 24.1 Å². The van der Waals surface area contributed by atoms with Crippen LogP contribution < -0.4 is 4.89 Å². The largest absolute Gasteiger partial charge is 0.756 e. The van der Waals surface area contributed by atoms with E-state index in [2.05, 4.69) is 50.3 Å². The fourth-order valence-electron chi connectivity index (χ4n) is 7.32. The number of quaternary nitrogens is 1. The van der Waals surface area contributed by atoms with Crippen molar-refractivity contribution in [1.82, 2.24) is 0 Å². The standard InChI is InChI=1S/C53H102NO7P/c1-6-8-10-12-14-16-18-20-22-23-24-25-26-27-28-29-30-31-32-33-35-37-39-41-43-45-48-58-50-52(51-60-62(56,57)59-49-47-54(3,4)5)61-53(55)46-44-42-40-38-36-34-21-19-17-15-13-11-9-7-2/h13,15,19,21,23-24,52H,6-12,14,16-18,20,22,25-51H2,1-5H3/b15-13-,21-19-,24-23-. The minimum atomic E-state index is -4.53. The Kier molecular flexibility index (Phi) is 45.3. The molecule has 0 heterocycles. The Hall–Kier alpha value is -1.28. The fourth-order valence-corrected chi connectivity index (χ4v) is 8.05. The average Bonchev–Trinajstić information content (AvgIpc) is 3.23. The van der Waals surface area contributed by atoms with E-state index >= 15 is 0 Å². The molecule has 0 aliphatic rings. The van der Waals surface area contributed by atoms with E-state index in [-0.39, 0.29) is 25.8 Å². The quantitative estimate of drug-likeness (QED) is 0.0197. The van der Waals surface area contributed by atoms with Gasteiger partial charge in [0.05, 0.1) is 34.4 Å². The van der Waals surface area contributed by atoms with E-state index in [1.807, 2.05) is 21.1 Å². The molecule has 0 saturated carbocycles. The Bertz CT molecular complexity index is 1090. The van der Waals surface area contributed by atoms with Crippen LogP contribution in [0.15, 0.2) is 36.5 Å². The number of ether oxygens (including phenoxy) is 2. The Morgan fingerprint density at radius 1 is 0.500 bits per heavy atom. The second-order valence-corrected chi connectivity index (χ2v) is 20.3. The van der Waals surface area contributed by atoms with Gasteiger partial charge in [0.15, 0.2) is 0 Å². The molecule has 2 atom stereocenters. The van der Waals surface area contributed by atoms with Gasteiger partial charge in [-0.2, -0.15) is 0 Å². The third-order valence-corrected chi connectivity index (χ3v) is 12.4. The monoisotopic (exact) mass is 896 g/mol. The highest BCUT2D eigenvalue weighted by atomic mass is 31.2. The molecule has 0 fully saturated rings. The molecule has 0 bridgehead atoms. The van der Waals surface area contributed by atoms with E-state index in [1.165, 1.54) is 161 Å². The number of unbranched alkanes of at least 4 members (excludes halogenated alkanes) is 29. The molecule has 62 heavy (non-hydrogen) atoms. The van der Waals surface area contributed by atoms with Crippen molar-refractivity contribution in [3.8, 4) is 0 Å². The first-order valence-electron chi connectivity index (χ1n) is 26.2. The number of hydrogen-bond donors (Lipinski definition) is 0. The van der Waals surface area contributed by atoms with Crippen molar-refractivity contribution in [2.24, 2.45) is 0 Å². The van der Waals surface area contributed by atoms with Crippen LogP contribution in [-0.2, 0) is 27.9 Å². The maximum absolute atomic E-state index is 12.7. The summed E-state index contributed by atoms with van der Waals surface area (Å²) >= 11 is 0. The molecule has 0 saturated heterocycles. The maximum atomic E-state index is 12.7. The summed E-state index contributed by atoms with van der Waals surface area (Å²) in [5.41, 5.74) is 0. The molecular weight excluding hydrogens is 794 g/mol. The van der Waals surface area contributed by atoms with Gasteiger partial charge < -0.3 is 27.9 Å². The van der Waals surface area contributed by atoms with Gasteiger partial charge in [0, 0.05) is 13.0 Å². The zero-order valence-electron chi connectivity index (χ0n) is 41.6. The van der Waals surface area contributed by atoms with Crippen molar-refractivity contribution in [3.05, 3.63) is 36.5 Å².